The third-order valence-corrected chi connectivity index (χ3v) is 6.10. The summed E-state index contributed by atoms with van der Waals surface area (Å²) in [6.07, 6.45) is 0. The first-order valence-electron chi connectivity index (χ1n) is 9.62. The number of alkyl halides is 2. The highest BCUT2D eigenvalue weighted by atomic mass is 32.2. The van der Waals surface area contributed by atoms with Crippen molar-refractivity contribution in [3.05, 3.63) is 82.9 Å². The molecule has 0 atom stereocenters. The summed E-state index contributed by atoms with van der Waals surface area (Å²) in [7, 11) is -3.89. The molecule has 0 aliphatic carbocycles. The average Bonchev–Trinajstić information content (AvgIpc) is 2.71. The predicted molar refractivity (Wildman–Crippen MR) is 119 cm³/mol. The smallest absolute Gasteiger partial charge is 0.387 e. The molecule has 9 heteroatoms. The van der Waals surface area contributed by atoms with Gasteiger partial charge in [-0.05, 0) is 74.4 Å². The number of sulfonamides is 1. The number of hydrogen-bond donors (Lipinski definition) is 2. The summed E-state index contributed by atoms with van der Waals surface area (Å²) in [6, 6.07) is 15.0. The lowest BCUT2D eigenvalue weighted by Gasteiger charge is -2.14. The van der Waals surface area contributed by atoms with Crippen molar-refractivity contribution in [2.75, 3.05) is 10.0 Å². The van der Waals surface area contributed by atoms with E-state index >= 15 is 0 Å². The van der Waals surface area contributed by atoms with Crippen molar-refractivity contribution in [3.63, 3.8) is 0 Å². The molecular formula is C23H22F2N2O4S. The number of hydrogen-bond acceptors (Lipinski definition) is 4. The molecule has 0 fully saturated rings. The van der Waals surface area contributed by atoms with E-state index in [0.717, 1.165) is 11.1 Å². The lowest BCUT2D eigenvalue weighted by atomic mass is 10.1. The Hall–Kier alpha value is -3.46. The quantitative estimate of drug-likeness (QED) is 0.503. The van der Waals surface area contributed by atoms with Crippen molar-refractivity contribution in [1.82, 2.24) is 0 Å². The number of ether oxygens (including phenoxy) is 1. The third-order valence-electron chi connectivity index (χ3n) is 4.74. The molecule has 0 unspecified atom stereocenters. The van der Waals surface area contributed by atoms with E-state index in [2.05, 4.69) is 14.8 Å². The lowest BCUT2D eigenvalue weighted by molar-refractivity contribution is -0.0498. The molecule has 6 nitrogen and oxygen atoms in total. The number of benzene rings is 3. The molecule has 2 N–H and O–H groups in total. The Bertz CT molecular complexity index is 1240. The Labute approximate surface area is 185 Å². The van der Waals surface area contributed by atoms with Gasteiger partial charge in [0.1, 0.15) is 5.75 Å². The molecule has 0 spiro atoms. The summed E-state index contributed by atoms with van der Waals surface area (Å²) in [4.78, 5) is 12.5. The van der Waals surface area contributed by atoms with E-state index in [1.807, 2.05) is 26.0 Å². The number of anilines is 2. The zero-order chi connectivity index (χ0) is 23.5. The number of carbonyl (C=O) groups is 1. The number of aryl methyl sites for hydroxylation is 3. The molecule has 0 heterocycles. The molecular weight excluding hydrogens is 438 g/mol. The monoisotopic (exact) mass is 460 g/mol. The Morgan fingerprint density at radius 3 is 2.19 bits per heavy atom. The van der Waals surface area contributed by atoms with Crippen molar-refractivity contribution >= 4 is 27.3 Å². The number of nitrogens with one attached hydrogen (secondary N) is 2. The van der Waals surface area contributed by atoms with Gasteiger partial charge in [-0.15, -0.1) is 0 Å². The zero-order valence-corrected chi connectivity index (χ0v) is 18.5. The summed E-state index contributed by atoms with van der Waals surface area (Å²) in [5.41, 5.74) is 3.43. The molecule has 0 aromatic heterocycles. The lowest BCUT2D eigenvalue weighted by Crippen LogP contribution is -2.16. The van der Waals surface area contributed by atoms with Crippen LogP contribution in [0.1, 0.15) is 27.0 Å². The second kappa shape index (κ2) is 9.35. The molecule has 3 rings (SSSR count). The van der Waals surface area contributed by atoms with Gasteiger partial charge in [0, 0.05) is 11.3 Å². The summed E-state index contributed by atoms with van der Waals surface area (Å²) in [5, 5.41) is 2.66. The molecule has 3 aromatic carbocycles. The van der Waals surface area contributed by atoms with Crippen LogP contribution in [0.25, 0.3) is 0 Å². The van der Waals surface area contributed by atoms with Crippen LogP contribution in [0.4, 0.5) is 20.2 Å². The van der Waals surface area contributed by atoms with E-state index in [1.54, 1.807) is 19.1 Å². The molecule has 0 aliphatic heterocycles. The van der Waals surface area contributed by atoms with Gasteiger partial charge in [-0.2, -0.15) is 8.78 Å². The zero-order valence-electron chi connectivity index (χ0n) is 17.6. The number of halogens is 2. The maximum Gasteiger partial charge on any atom is 0.387 e. The highest BCUT2D eigenvalue weighted by Crippen LogP contribution is 2.25. The van der Waals surface area contributed by atoms with Crippen molar-refractivity contribution in [2.24, 2.45) is 0 Å². The van der Waals surface area contributed by atoms with E-state index in [1.165, 1.54) is 36.4 Å². The van der Waals surface area contributed by atoms with Crippen LogP contribution in [0, 0.1) is 20.8 Å². The van der Waals surface area contributed by atoms with Crippen LogP contribution in [0.5, 0.6) is 5.75 Å². The first-order chi connectivity index (χ1) is 15.0. The molecule has 32 heavy (non-hydrogen) atoms. The fourth-order valence-corrected chi connectivity index (χ4v) is 4.17. The Balaban J connectivity index is 1.81. The molecule has 0 radical (unpaired) electrons. The van der Waals surface area contributed by atoms with E-state index in [0.29, 0.717) is 16.9 Å². The van der Waals surface area contributed by atoms with Crippen LogP contribution in [-0.4, -0.2) is 20.9 Å². The van der Waals surface area contributed by atoms with Crippen LogP contribution in [0.2, 0.25) is 0 Å². The van der Waals surface area contributed by atoms with E-state index in [4.69, 9.17) is 0 Å². The van der Waals surface area contributed by atoms with Crippen molar-refractivity contribution < 1.29 is 26.7 Å². The Kier molecular flexibility index (Phi) is 6.78. The average molecular weight is 461 g/mol. The minimum atomic E-state index is -3.89. The van der Waals surface area contributed by atoms with Gasteiger partial charge in [0.25, 0.3) is 15.9 Å². The first kappa shape index (κ1) is 23.2. The van der Waals surface area contributed by atoms with E-state index in [9.17, 15) is 22.0 Å². The van der Waals surface area contributed by atoms with Crippen LogP contribution < -0.4 is 14.8 Å². The molecule has 0 bridgehead atoms. The van der Waals surface area contributed by atoms with Crippen molar-refractivity contribution in [3.8, 4) is 5.75 Å². The Morgan fingerprint density at radius 1 is 0.875 bits per heavy atom. The molecule has 3 aromatic rings. The maximum absolute atomic E-state index is 12.9. The summed E-state index contributed by atoms with van der Waals surface area (Å²) >= 11 is 0. The highest BCUT2D eigenvalue weighted by molar-refractivity contribution is 7.92. The fraction of sp³-hybridized carbons (Fsp3) is 0.174. The summed E-state index contributed by atoms with van der Waals surface area (Å²) in [5.74, 6) is -0.591. The standard InChI is InChI=1S/C23H22F2N2O4S/c1-14-4-11-20(16(3)12-14)27-32(29,30)19-10-5-15(2)21(13-19)26-22(28)17-6-8-18(9-7-17)31-23(24)25/h4-13,23,27H,1-3H3,(H,26,28). The van der Waals surface area contributed by atoms with Gasteiger partial charge in [-0.3, -0.25) is 9.52 Å². The minimum Gasteiger partial charge on any atom is -0.435 e. The SMILES string of the molecule is Cc1ccc(NS(=O)(=O)c2ccc(C)c(NC(=O)c3ccc(OC(F)F)cc3)c2)c(C)c1. The second-order valence-electron chi connectivity index (χ2n) is 7.26. The van der Waals surface area contributed by atoms with Gasteiger partial charge >= 0.3 is 6.61 Å². The van der Waals surface area contributed by atoms with Crippen LogP contribution >= 0.6 is 0 Å². The number of rotatable bonds is 7. The van der Waals surface area contributed by atoms with Crippen molar-refractivity contribution in [1.29, 1.82) is 0 Å². The topological polar surface area (TPSA) is 84.5 Å². The molecule has 0 saturated carbocycles. The van der Waals surface area contributed by atoms with Gasteiger partial charge in [0.05, 0.1) is 10.6 Å². The first-order valence-corrected chi connectivity index (χ1v) is 11.1. The highest BCUT2D eigenvalue weighted by Gasteiger charge is 2.18. The number of amides is 1. The van der Waals surface area contributed by atoms with Gasteiger partial charge in [-0.1, -0.05) is 23.8 Å². The molecule has 0 saturated heterocycles. The largest absolute Gasteiger partial charge is 0.435 e. The van der Waals surface area contributed by atoms with Crippen LogP contribution in [-0.2, 0) is 10.0 Å². The van der Waals surface area contributed by atoms with Gasteiger partial charge in [0.15, 0.2) is 0 Å². The Morgan fingerprint density at radius 2 is 1.56 bits per heavy atom. The van der Waals surface area contributed by atoms with Crippen molar-refractivity contribution in [2.45, 2.75) is 32.3 Å². The van der Waals surface area contributed by atoms with Gasteiger partial charge in [0.2, 0.25) is 0 Å². The fourth-order valence-electron chi connectivity index (χ4n) is 3.02. The van der Waals surface area contributed by atoms with Gasteiger partial charge in [-0.25, -0.2) is 8.42 Å². The normalized spacial score (nSPS) is 11.3. The minimum absolute atomic E-state index is 0.0148. The van der Waals surface area contributed by atoms with Crippen LogP contribution in [0.3, 0.4) is 0 Å². The van der Waals surface area contributed by atoms with Crippen LogP contribution in [0.15, 0.2) is 65.6 Å². The predicted octanol–water partition coefficient (Wildman–Crippen LogP) is 5.27. The third kappa shape index (κ3) is 5.61. The maximum atomic E-state index is 12.9. The number of carbonyl (C=O) groups excluding carboxylic acids is 1. The van der Waals surface area contributed by atoms with Gasteiger partial charge < -0.3 is 10.1 Å². The van der Waals surface area contributed by atoms with E-state index in [-0.39, 0.29) is 16.2 Å². The summed E-state index contributed by atoms with van der Waals surface area (Å²) in [6.45, 7) is 2.49. The second-order valence-corrected chi connectivity index (χ2v) is 8.94. The molecule has 168 valence electrons. The molecule has 0 aliphatic rings. The summed E-state index contributed by atoms with van der Waals surface area (Å²) < 4.78 is 57.1. The van der Waals surface area contributed by atoms with E-state index < -0.39 is 22.5 Å². The molecule has 1 amide bonds.